The fourth-order valence-electron chi connectivity index (χ4n) is 1.58. The van der Waals surface area contributed by atoms with Gasteiger partial charge < -0.3 is 4.90 Å². The van der Waals surface area contributed by atoms with E-state index in [-0.39, 0.29) is 0 Å². The van der Waals surface area contributed by atoms with Gasteiger partial charge in [-0.25, -0.2) is 4.68 Å². The summed E-state index contributed by atoms with van der Waals surface area (Å²) >= 11 is 0. The summed E-state index contributed by atoms with van der Waals surface area (Å²) < 4.78 is 1.92. The molecule has 0 aliphatic heterocycles. The zero-order valence-corrected chi connectivity index (χ0v) is 10.2. The van der Waals surface area contributed by atoms with E-state index in [2.05, 4.69) is 47.4 Å². The third-order valence-corrected chi connectivity index (χ3v) is 2.78. The summed E-state index contributed by atoms with van der Waals surface area (Å²) in [5.74, 6) is 0. The number of nitrogens with zero attached hydrogens (tertiary/aromatic N) is 3. The van der Waals surface area contributed by atoms with Crippen molar-refractivity contribution in [3.05, 3.63) is 41.7 Å². The Morgan fingerprint density at radius 2 is 1.69 bits per heavy atom. The van der Waals surface area contributed by atoms with E-state index in [0.717, 1.165) is 11.4 Å². The molecule has 16 heavy (non-hydrogen) atoms. The Hall–Kier alpha value is -1.77. The standard InChI is InChI=1S/C13H17N3/c1-10-9-16(14-11(10)2)13-7-5-12(6-8-13)15(3)4/h5-9H,1-4H3. The first-order valence-corrected chi connectivity index (χ1v) is 5.38. The summed E-state index contributed by atoms with van der Waals surface area (Å²) in [5.41, 5.74) is 4.60. The third kappa shape index (κ3) is 1.94. The smallest absolute Gasteiger partial charge is 0.0647 e. The molecule has 3 nitrogen and oxygen atoms in total. The second-order valence-corrected chi connectivity index (χ2v) is 4.25. The van der Waals surface area contributed by atoms with Crippen molar-refractivity contribution in [3.63, 3.8) is 0 Å². The predicted octanol–water partition coefficient (Wildman–Crippen LogP) is 2.56. The summed E-state index contributed by atoms with van der Waals surface area (Å²) in [7, 11) is 4.08. The van der Waals surface area contributed by atoms with E-state index in [1.54, 1.807) is 0 Å². The molecule has 0 saturated heterocycles. The summed E-state index contributed by atoms with van der Waals surface area (Å²) in [6, 6.07) is 8.37. The first-order valence-electron chi connectivity index (χ1n) is 5.38. The number of rotatable bonds is 2. The molecule has 0 spiro atoms. The lowest BCUT2D eigenvalue weighted by Gasteiger charge is -2.12. The second-order valence-electron chi connectivity index (χ2n) is 4.25. The van der Waals surface area contributed by atoms with Gasteiger partial charge in [-0.3, -0.25) is 0 Å². The van der Waals surface area contributed by atoms with Crippen LogP contribution in [0.3, 0.4) is 0 Å². The van der Waals surface area contributed by atoms with Crippen LogP contribution in [0.5, 0.6) is 0 Å². The van der Waals surface area contributed by atoms with Gasteiger partial charge >= 0.3 is 0 Å². The largest absolute Gasteiger partial charge is 0.378 e. The molecule has 84 valence electrons. The highest BCUT2D eigenvalue weighted by Crippen LogP contribution is 2.16. The van der Waals surface area contributed by atoms with Crippen molar-refractivity contribution >= 4 is 5.69 Å². The molecular formula is C13H17N3. The molecule has 2 aromatic rings. The maximum absolute atomic E-state index is 4.46. The van der Waals surface area contributed by atoms with Gasteiger partial charge in [-0.1, -0.05) is 0 Å². The molecule has 0 atom stereocenters. The minimum Gasteiger partial charge on any atom is -0.378 e. The molecule has 1 heterocycles. The Morgan fingerprint density at radius 3 is 2.12 bits per heavy atom. The van der Waals surface area contributed by atoms with E-state index in [9.17, 15) is 0 Å². The topological polar surface area (TPSA) is 21.1 Å². The van der Waals surface area contributed by atoms with Crippen LogP contribution in [0.25, 0.3) is 5.69 Å². The van der Waals surface area contributed by atoms with Gasteiger partial charge in [0, 0.05) is 26.0 Å². The fourth-order valence-corrected chi connectivity index (χ4v) is 1.58. The highest BCUT2D eigenvalue weighted by molar-refractivity contribution is 5.49. The first-order chi connectivity index (χ1) is 7.58. The molecule has 0 N–H and O–H groups in total. The number of anilines is 1. The monoisotopic (exact) mass is 215 g/mol. The van der Waals surface area contributed by atoms with E-state index in [0.29, 0.717) is 0 Å². The molecule has 1 aromatic carbocycles. The van der Waals surface area contributed by atoms with Gasteiger partial charge in [0.2, 0.25) is 0 Å². The van der Waals surface area contributed by atoms with Crippen LogP contribution in [-0.2, 0) is 0 Å². The summed E-state index contributed by atoms with van der Waals surface area (Å²) in [4.78, 5) is 2.09. The minimum absolute atomic E-state index is 1.08. The van der Waals surface area contributed by atoms with E-state index in [1.807, 2.05) is 25.7 Å². The molecule has 2 rings (SSSR count). The molecule has 3 heteroatoms. The van der Waals surface area contributed by atoms with Crippen LogP contribution in [0.1, 0.15) is 11.3 Å². The quantitative estimate of drug-likeness (QED) is 0.767. The maximum atomic E-state index is 4.46. The Bertz CT molecular complexity index is 461. The molecule has 0 unspecified atom stereocenters. The summed E-state index contributed by atoms with van der Waals surface area (Å²) in [6.07, 6.45) is 2.06. The predicted molar refractivity (Wildman–Crippen MR) is 67.4 cm³/mol. The van der Waals surface area contributed by atoms with Crippen molar-refractivity contribution < 1.29 is 0 Å². The maximum Gasteiger partial charge on any atom is 0.0647 e. The molecule has 1 aromatic heterocycles. The Kier molecular flexibility index (Phi) is 2.69. The van der Waals surface area contributed by atoms with Crippen LogP contribution in [0, 0.1) is 13.8 Å². The van der Waals surface area contributed by atoms with E-state index >= 15 is 0 Å². The lowest BCUT2D eigenvalue weighted by atomic mass is 10.2. The molecule has 0 saturated carbocycles. The highest BCUT2D eigenvalue weighted by atomic mass is 15.3. The van der Waals surface area contributed by atoms with Crippen molar-refractivity contribution in [2.45, 2.75) is 13.8 Å². The van der Waals surface area contributed by atoms with Crippen molar-refractivity contribution in [3.8, 4) is 5.69 Å². The summed E-state index contributed by atoms with van der Waals surface area (Å²) in [5, 5.41) is 4.46. The third-order valence-electron chi connectivity index (χ3n) is 2.78. The Balaban J connectivity index is 2.34. The van der Waals surface area contributed by atoms with E-state index < -0.39 is 0 Å². The molecule has 0 aliphatic rings. The van der Waals surface area contributed by atoms with Crippen molar-refractivity contribution in [1.29, 1.82) is 0 Å². The number of aromatic nitrogens is 2. The average molecular weight is 215 g/mol. The first kappa shape index (κ1) is 10.7. The van der Waals surface area contributed by atoms with E-state index in [4.69, 9.17) is 0 Å². The van der Waals surface area contributed by atoms with Gasteiger partial charge in [-0.05, 0) is 43.7 Å². The van der Waals surface area contributed by atoms with Gasteiger partial charge in [0.1, 0.15) is 0 Å². The van der Waals surface area contributed by atoms with Gasteiger partial charge in [0.25, 0.3) is 0 Å². The molecule has 0 aliphatic carbocycles. The van der Waals surface area contributed by atoms with Crippen LogP contribution in [0.15, 0.2) is 30.5 Å². The van der Waals surface area contributed by atoms with E-state index in [1.165, 1.54) is 11.3 Å². The lowest BCUT2D eigenvalue weighted by molar-refractivity contribution is 0.862. The average Bonchev–Trinajstić information content (AvgIpc) is 2.59. The van der Waals surface area contributed by atoms with Gasteiger partial charge in [0.05, 0.1) is 11.4 Å². The van der Waals surface area contributed by atoms with Crippen molar-refractivity contribution in [2.24, 2.45) is 0 Å². The van der Waals surface area contributed by atoms with Crippen molar-refractivity contribution in [2.75, 3.05) is 19.0 Å². The minimum atomic E-state index is 1.08. The normalized spacial score (nSPS) is 10.5. The Labute approximate surface area is 96.3 Å². The van der Waals surface area contributed by atoms with Crippen LogP contribution >= 0.6 is 0 Å². The van der Waals surface area contributed by atoms with Crippen LogP contribution < -0.4 is 4.90 Å². The Morgan fingerprint density at radius 1 is 1.06 bits per heavy atom. The summed E-state index contributed by atoms with van der Waals surface area (Å²) in [6.45, 7) is 4.10. The van der Waals surface area contributed by atoms with Crippen LogP contribution in [0.4, 0.5) is 5.69 Å². The molecular weight excluding hydrogens is 198 g/mol. The SMILES string of the molecule is Cc1cn(-c2ccc(N(C)C)cc2)nc1C. The van der Waals surface area contributed by atoms with Gasteiger partial charge in [0.15, 0.2) is 0 Å². The molecule has 0 bridgehead atoms. The zero-order valence-electron chi connectivity index (χ0n) is 10.2. The fraction of sp³-hybridized carbons (Fsp3) is 0.308. The molecule has 0 fully saturated rings. The van der Waals surface area contributed by atoms with Crippen LogP contribution in [-0.4, -0.2) is 23.9 Å². The molecule has 0 radical (unpaired) electrons. The van der Waals surface area contributed by atoms with Crippen LogP contribution in [0.2, 0.25) is 0 Å². The molecule has 0 amide bonds. The highest BCUT2D eigenvalue weighted by Gasteiger charge is 2.02. The number of hydrogen-bond donors (Lipinski definition) is 0. The number of benzene rings is 1. The zero-order chi connectivity index (χ0) is 11.7. The van der Waals surface area contributed by atoms with Gasteiger partial charge in [-0.15, -0.1) is 0 Å². The number of hydrogen-bond acceptors (Lipinski definition) is 2. The van der Waals surface area contributed by atoms with Crippen molar-refractivity contribution in [1.82, 2.24) is 9.78 Å². The van der Waals surface area contributed by atoms with Gasteiger partial charge in [-0.2, -0.15) is 5.10 Å². The number of aryl methyl sites for hydroxylation is 2. The second kappa shape index (κ2) is 4.00. The lowest BCUT2D eigenvalue weighted by Crippen LogP contribution is -2.08.